The number of nitrogens with zero attached hydrogens (tertiary/aromatic N) is 3. The van der Waals surface area contributed by atoms with Crippen molar-refractivity contribution in [3.8, 4) is 0 Å². The zero-order valence-electron chi connectivity index (χ0n) is 7.58. The number of aryl methyl sites for hydroxylation is 2. The average molecular weight is 232 g/mol. The minimum absolute atomic E-state index is 0.104. The second kappa shape index (κ2) is 3.40. The van der Waals surface area contributed by atoms with Crippen LogP contribution < -0.4 is 0 Å². The van der Waals surface area contributed by atoms with Gasteiger partial charge in [0.05, 0.1) is 5.52 Å². The third-order valence-corrected chi connectivity index (χ3v) is 2.79. The fraction of sp³-hybridized carbons (Fsp3) is 0.250. The molecule has 0 aromatic carbocycles. The molecule has 0 fully saturated rings. The van der Waals surface area contributed by atoms with Crippen LogP contribution in [0.3, 0.4) is 0 Å². The molecule has 2 rings (SSSR count). The van der Waals surface area contributed by atoms with Crippen LogP contribution in [0.15, 0.2) is 6.07 Å². The summed E-state index contributed by atoms with van der Waals surface area (Å²) in [6.07, 6.45) is 0. The summed E-state index contributed by atoms with van der Waals surface area (Å²) in [5.74, 6) is 0.587. The Morgan fingerprint density at radius 1 is 1.43 bits per heavy atom. The molecular weight excluding hydrogens is 225 g/mol. The topological polar surface area (TPSA) is 30.7 Å². The van der Waals surface area contributed by atoms with E-state index < -0.39 is 0 Å². The van der Waals surface area contributed by atoms with Gasteiger partial charge >= 0.3 is 0 Å². The van der Waals surface area contributed by atoms with Crippen molar-refractivity contribution in [2.24, 2.45) is 0 Å². The van der Waals surface area contributed by atoms with E-state index in [9.17, 15) is 3.89 Å². The lowest BCUT2D eigenvalue weighted by Crippen LogP contribution is -1.92. The lowest BCUT2D eigenvalue weighted by atomic mass is 10.4. The van der Waals surface area contributed by atoms with E-state index >= 15 is 0 Å². The first-order valence-electron chi connectivity index (χ1n) is 3.94. The van der Waals surface area contributed by atoms with Gasteiger partial charge in [-0.15, -0.1) is 3.89 Å². The van der Waals surface area contributed by atoms with Crippen molar-refractivity contribution in [2.45, 2.75) is 13.8 Å². The summed E-state index contributed by atoms with van der Waals surface area (Å²) >= 11 is 6.01. The maximum Gasteiger partial charge on any atom is 0.170 e. The molecule has 2 aromatic rings. The largest absolute Gasteiger partial charge is 0.256 e. The van der Waals surface area contributed by atoms with E-state index in [4.69, 9.17) is 11.6 Å². The van der Waals surface area contributed by atoms with E-state index in [1.54, 1.807) is 19.9 Å². The van der Waals surface area contributed by atoms with E-state index in [0.717, 1.165) is 5.69 Å². The number of rotatable bonds is 1. The molecule has 2 aromatic heterocycles. The van der Waals surface area contributed by atoms with Crippen molar-refractivity contribution in [3.05, 3.63) is 22.7 Å². The zero-order valence-corrected chi connectivity index (χ0v) is 9.16. The predicted molar refractivity (Wildman–Crippen MR) is 56.1 cm³/mol. The maximum absolute atomic E-state index is 12.6. The van der Waals surface area contributed by atoms with E-state index in [1.165, 1.54) is 3.97 Å². The van der Waals surface area contributed by atoms with Gasteiger partial charge in [-0.2, -0.15) is 0 Å². The summed E-state index contributed by atoms with van der Waals surface area (Å²) in [6.45, 7) is 3.54. The van der Waals surface area contributed by atoms with Crippen molar-refractivity contribution in [3.63, 3.8) is 0 Å². The summed E-state index contributed by atoms with van der Waals surface area (Å²) in [5, 5.41) is 0.283. The highest BCUT2D eigenvalue weighted by Gasteiger charge is 2.12. The normalized spacial score (nSPS) is 11.1. The highest BCUT2D eigenvalue weighted by Crippen LogP contribution is 2.28. The number of halogens is 2. The van der Waals surface area contributed by atoms with Crippen LogP contribution in [0.25, 0.3) is 11.0 Å². The summed E-state index contributed by atoms with van der Waals surface area (Å²) in [7, 11) is 0. The fourth-order valence-corrected chi connectivity index (χ4v) is 2.13. The third kappa shape index (κ3) is 1.36. The van der Waals surface area contributed by atoms with Crippen LogP contribution >= 0.6 is 23.9 Å². The molecule has 0 unspecified atom stereocenters. The van der Waals surface area contributed by atoms with Gasteiger partial charge in [-0.25, -0.2) is 9.97 Å². The van der Waals surface area contributed by atoms with E-state index in [1.807, 2.05) is 0 Å². The lowest BCUT2D eigenvalue weighted by molar-refractivity contribution is 0.915. The standard InChI is InChI=1S/C8H7ClFN3S/c1-4-3-6-7(13(4)14-10)8(9)12-5(2)11-6/h3H,1-2H3. The Morgan fingerprint density at radius 3 is 2.79 bits per heavy atom. The SMILES string of the molecule is Cc1nc(Cl)c2c(cc(C)n2SF)n1. The van der Waals surface area contributed by atoms with Gasteiger partial charge in [0.2, 0.25) is 0 Å². The van der Waals surface area contributed by atoms with Gasteiger partial charge in [-0.3, -0.25) is 3.97 Å². The minimum atomic E-state index is 0.104. The maximum atomic E-state index is 12.6. The van der Waals surface area contributed by atoms with Gasteiger partial charge in [0, 0.05) is 5.69 Å². The van der Waals surface area contributed by atoms with Gasteiger partial charge in [0.25, 0.3) is 0 Å². The number of hydrogen-bond donors (Lipinski definition) is 0. The molecule has 0 aliphatic heterocycles. The molecule has 0 spiro atoms. The Kier molecular flexibility index (Phi) is 2.36. The quantitative estimate of drug-likeness (QED) is 0.707. The Labute approximate surface area is 89.7 Å². The molecule has 0 saturated heterocycles. The van der Waals surface area contributed by atoms with Gasteiger partial charge in [0.15, 0.2) is 17.5 Å². The van der Waals surface area contributed by atoms with Crippen molar-refractivity contribution in [2.75, 3.05) is 0 Å². The molecule has 0 amide bonds. The molecule has 0 aliphatic rings. The molecule has 0 bridgehead atoms. The Balaban J connectivity index is 2.88. The van der Waals surface area contributed by atoms with E-state index in [0.29, 0.717) is 16.9 Å². The van der Waals surface area contributed by atoms with E-state index in [2.05, 4.69) is 9.97 Å². The van der Waals surface area contributed by atoms with Crippen LogP contribution in [0.5, 0.6) is 0 Å². The number of aromatic nitrogens is 3. The monoisotopic (exact) mass is 231 g/mol. The Morgan fingerprint density at radius 2 is 2.14 bits per heavy atom. The summed E-state index contributed by atoms with van der Waals surface area (Å²) in [4.78, 5) is 8.15. The second-order valence-corrected chi connectivity index (χ2v) is 3.81. The molecule has 14 heavy (non-hydrogen) atoms. The van der Waals surface area contributed by atoms with Crippen molar-refractivity contribution >= 4 is 35.0 Å². The molecule has 0 N–H and O–H groups in total. The highest BCUT2D eigenvalue weighted by molar-refractivity contribution is 7.93. The molecule has 74 valence electrons. The molecule has 0 saturated carbocycles. The molecule has 2 heterocycles. The first-order chi connectivity index (χ1) is 6.63. The van der Waals surface area contributed by atoms with Crippen LogP contribution in [0.4, 0.5) is 3.89 Å². The predicted octanol–water partition coefficient (Wildman–Crippen LogP) is 3.08. The van der Waals surface area contributed by atoms with E-state index in [-0.39, 0.29) is 17.5 Å². The van der Waals surface area contributed by atoms with Crippen LogP contribution in [0, 0.1) is 13.8 Å². The van der Waals surface area contributed by atoms with Gasteiger partial charge in [0.1, 0.15) is 11.3 Å². The molecular formula is C8H7ClFN3S. The molecule has 0 aliphatic carbocycles. The summed E-state index contributed by atoms with van der Waals surface area (Å²) in [5.41, 5.74) is 1.96. The van der Waals surface area contributed by atoms with Gasteiger partial charge in [-0.05, 0) is 19.9 Å². The highest BCUT2D eigenvalue weighted by atomic mass is 35.5. The number of hydrogen-bond acceptors (Lipinski definition) is 3. The van der Waals surface area contributed by atoms with Crippen molar-refractivity contribution < 1.29 is 3.89 Å². The van der Waals surface area contributed by atoms with Crippen LogP contribution in [-0.4, -0.2) is 13.9 Å². The number of fused-ring (bicyclic) bond motifs is 1. The molecule has 0 atom stereocenters. The second-order valence-electron chi connectivity index (χ2n) is 2.94. The van der Waals surface area contributed by atoms with Crippen LogP contribution in [-0.2, 0) is 0 Å². The van der Waals surface area contributed by atoms with Crippen LogP contribution in [0.1, 0.15) is 11.5 Å². The average Bonchev–Trinajstić information content (AvgIpc) is 2.40. The molecule has 3 nitrogen and oxygen atoms in total. The van der Waals surface area contributed by atoms with Gasteiger partial charge < -0.3 is 0 Å². The Hall–Kier alpha value is -0.810. The minimum Gasteiger partial charge on any atom is -0.256 e. The lowest BCUT2D eigenvalue weighted by Gasteiger charge is -2.00. The first kappa shape index (κ1) is 9.73. The third-order valence-electron chi connectivity index (χ3n) is 1.92. The van der Waals surface area contributed by atoms with Crippen molar-refractivity contribution in [1.29, 1.82) is 0 Å². The zero-order chi connectivity index (χ0) is 10.3. The summed E-state index contributed by atoms with van der Waals surface area (Å²) in [6, 6.07) is 1.78. The summed E-state index contributed by atoms with van der Waals surface area (Å²) < 4.78 is 14.0. The molecule has 0 radical (unpaired) electrons. The first-order valence-corrected chi connectivity index (χ1v) is 5.00. The smallest absolute Gasteiger partial charge is 0.170 e. The van der Waals surface area contributed by atoms with Crippen molar-refractivity contribution in [1.82, 2.24) is 13.9 Å². The van der Waals surface area contributed by atoms with Gasteiger partial charge in [-0.1, -0.05) is 11.6 Å². The van der Waals surface area contributed by atoms with Crippen LogP contribution in [0.2, 0.25) is 5.15 Å². The fourth-order valence-electron chi connectivity index (χ4n) is 1.36. The Bertz CT molecular complexity index is 497. The molecule has 6 heteroatoms.